The fourth-order valence-corrected chi connectivity index (χ4v) is 2.73. The summed E-state index contributed by atoms with van der Waals surface area (Å²) in [6.45, 7) is 12.2. The summed E-state index contributed by atoms with van der Waals surface area (Å²) in [6.07, 6.45) is 8.46. The van der Waals surface area contributed by atoms with Gasteiger partial charge in [0.15, 0.2) is 0 Å². The Morgan fingerprint density at radius 3 is 2.50 bits per heavy atom. The lowest BCUT2D eigenvalue weighted by atomic mass is 9.85. The molecule has 2 atom stereocenters. The molecule has 0 radical (unpaired) electrons. The number of ether oxygens (including phenoxy) is 1. The van der Waals surface area contributed by atoms with Gasteiger partial charge in [-0.3, -0.25) is 0 Å². The molecule has 0 spiro atoms. The standard InChI is InChI=1S/C16H33NO/c1-5-14-8-6-7-9-15(14)18-13-12-17-11-10-16(2,3)4/h14-15,17H,5-13H2,1-4H3. The molecular weight excluding hydrogens is 222 g/mol. The van der Waals surface area contributed by atoms with Gasteiger partial charge in [-0.2, -0.15) is 0 Å². The van der Waals surface area contributed by atoms with Gasteiger partial charge in [-0.15, -0.1) is 0 Å². The van der Waals surface area contributed by atoms with Crippen LogP contribution < -0.4 is 5.32 Å². The lowest BCUT2D eigenvalue weighted by Crippen LogP contribution is -2.31. The topological polar surface area (TPSA) is 21.3 Å². The van der Waals surface area contributed by atoms with Crippen molar-refractivity contribution in [2.45, 2.75) is 72.3 Å². The van der Waals surface area contributed by atoms with Crippen molar-refractivity contribution >= 4 is 0 Å². The minimum absolute atomic E-state index is 0.435. The summed E-state index contributed by atoms with van der Waals surface area (Å²) in [6, 6.07) is 0. The van der Waals surface area contributed by atoms with Gasteiger partial charge in [0.05, 0.1) is 12.7 Å². The maximum atomic E-state index is 6.06. The molecule has 0 saturated heterocycles. The van der Waals surface area contributed by atoms with Gasteiger partial charge in [-0.1, -0.05) is 47.0 Å². The lowest BCUT2D eigenvalue weighted by molar-refractivity contribution is -0.0103. The molecule has 0 heterocycles. The third-order valence-electron chi connectivity index (χ3n) is 4.03. The van der Waals surface area contributed by atoms with E-state index >= 15 is 0 Å². The first-order valence-electron chi connectivity index (χ1n) is 7.85. The van der Waals surface area contributed by atoms with Crippen LogP contribution in [-0.2, 0) is 4.74 Å². The summed E-state index contributed by atoms with van der Waals surface area (Å²) in [7, 11) is 0. The molecule has 18 heavy (non-hydrogen) atoms. The Hall–Kier alpha value is -0.0800. The molecule has 1 saturated carbocycles. The lowest BCUT2D eigenvalue weighted by Gasteiger charge is -2.30. The Morgan fingerprint density at radius 1 is 1.11 bits per heavy atom. The molecule has 2 nitrogen and oxygen atoms in total. The van der Waals surface area contributed by atoms with E-state index in [1.165, 1.54) is 38.5 Å². The van der Waals surface area contributed by atoms with Crippen LogP contribution in [0, 0.1) is 11.3 Å². The average Bonchev–Trinajstić information content (AvgIpc) is 2.32. The van der Waals surface area contributed by atoms with Crippen LogP contribution in [0.25, 0.3) is 0 Å². The van der Waals surface area contributed by atoms with Gasteiger partial charge in [0.1, 0.15) is 0 Å². The molecule has 1 N–H and O–H groups in total. The van der Waals surface area contributed by atoms with Gasteiger partial charge >= 0.3 is 0 Å². The second kappa shape index (κ2) is 8.16. The fourth-order valence-electron chi connectivity index (χ4n) is 2.73. The molecular formula is C16H33NO. The van der Waals surface area contributed by atoms with E-state index in [0.717, 1.165) is 25.6 Å². The van der Waals surface area contributed by atoms with E-state index in [9.17, 15) is 0 Å². The number of nitrogens with one attached hydrogen (secondary N) is 1. The van der Waals surface area contributed by atoms with E-state index in [0.29, 0.717) is 11.5 Å². The van der Waals surface area contributed by atoms with E-state index in [1.54, 1.807) is 0 Å². The number of hydrogen-bond acceptors (Lipinski definition) is 2. The predicted octanol–water partition coefficient (Wildman–Crippen LogP) is 4.00. The van der Waals surface area contributed by atoms with Crippen LogP contribution in [0.3, 0.4) is 0 Å². The van der Waals surface area contributed by atoms with Gasteiger partial charge in [0, 0.05) is 6.54 Å². The molecule has 0 bridgehead atoms. The SMILES string of the molecule is CCC1CCCCC1OCCNCCC(C)(C)C. The fraction of sp³-hybridized carbons (Fsp3) is 1.00. The van der Waals surface area contributed by atoms with Crippen molar-refractivity contribution in [3.05, 3.63) is 0 Å². The van der Waals surface area contributed by atoms with Crippen LogP contribution in [0.15, 0.2) is 0 Å². The molecule has 0 aromatic heterocycles. The van der Waals surface area contributed by atoms with Crippen molar-refractivity contribution < 1.29 is 4.74 Å². The van der Waals surface area contributed by atoms with Gasteiger partial charge < -0.3 is 10.1 Å². The zero-order chi connectivity index (χ0) is 13.4. The Kier molecular flexibility index (Phi) is 7.25. The van der Waals surface area contributed by atoms with Gasteiger partial charge in [-0.25, -0.2) is 0 Å². The Morgan fingerprint density at radius 2 is 1.83 bits per heavy atom. The minimum atomic E-state index is 0.435. The van der Waals surface area contributed by atoms with Crippen LogP contribution >= 0.6 is 0 Å². The highest BCUT2D eigenvalue weighted by Crippen LogP contribution is 2.28. The maximum Gasteiger partial charge on any atom is 0.0603 e. The van der Waals surface area contributed by atoms with Crippen LogP contribution in [0.5, 0.6) is 0 Å². The summed E-state index contributed by atoms with van der Waals surface area (Å²) in [5.41, 5.74) is 0.435. The first-order chi connectivity index (χ1) is 8.53. The monoisotopic (exact) mass is 255 g/mol. The van der Waals surface area contributed by atoms with Crippen LogP contribution in [-0.4, -0.2) is 25.8 Å². The second-order valence-corrected chi connectivity index (χ2v) is 6.92. The maximum absolute atomic E-state index is 6.06. The van der Waals surface area contributed by atoms with Crippen molar-refractivity contribution in [2.24, 2.45) is 11.3 Å². The Labute approximate surface area is 114 Å². The predicted molar refractivity (Wildman–Crippen MR) is 78.9 cm³/mol. The highest BCUT2D eigenvalue weighted by Gasteiger charge is 2.23. The summed E-state index contributed by atoms with van der Waals surface area (Å²) in [5, 5.41) is 3.49. The van der Waals surface area contributed by atoms with Gasteiger partial charge in [-0.05, 0) is 37.1 Å². The molecule has 1 aliphatic carbocycles. The Bertz CT molecular complexity index is 210. The molecule has 108 valence electrons. The highest BCUT2D eigenvalue weighted by atomic mass is 16.5. The van der Waals surface area contributed by atoms with Crippen LogP contribution in [0.4, 0.5) is 0 Å². The van der Waals surface area contributed by atoms with E-state index in [1.807, 2.05) is 0 Å². The molecule has 0 aromatic rings. The van der Waals surface area contributed by atoms with Crippen molar-refractivity contribution in [2.75, 3.05) is 19.7 Å². The largest absolute Gasteiger partial charge is 0.377 e. The molecule has 0 aliphatic heterocycles. The third-order valence-corrected chi connectivity index (χ3v) is 4.03. The molecule has 1 aliphatic rings. The van der Waals surface area contributed by atoms with E-state index in [-0.39, 0.29) is 0 Å². The zero-order valence-corrected chi connectivity index (χ0v) is 12.9. The average molecular weight is 255 g/mol. The number of hydrogen-bond donors (Lipinski definition) is 1. The molecule has 2 unspecified atom stereocenters. The quantitative estimate of drug-likeness (QED) is 0.694. The van der Waals surface area contributed by atoms with E-state index in [2.05, 4.69) is 33.0 Å². The van der Waals surface area contributed by atoms with Crippen LogP contribution in [0.1, 0.15) is 66.2 Å². The molecule has 1 fully saturated rings. The minimum Gasteiger partial charge on any atom is -0.377 e. The first kappa shape index (κ1) is 16.0. The van der Waals surface area contributed by atoms with Crippen molar-refractivity contribution in [1.29, 1.82) is 0 Å². The normalized spacial score (nSPS) is 25.3. The Balaban J connectivity index is 2.03. The second-order valence-electron chi connectivity index (χ2n) is 6.92. The van der Waals surface area contributed by atoms with E-state index < -0.39 is 0 Å². The highest BCUT2D eigenvalue weighted by molar-refractivity contribution is 4.75. The summed E-state index contributed by atoms with van der Waals surface area (Å²) >= 11 is 0. The smallest absolute Gasteiger partial charge is 0.0603 e. The summed E-state index contributed by atoms with van der Waals surface area (Å²) < 4.78 is 6.06. The van der Waals surface area contributed by atoms with Gasteiger partial charge in [0.25, 0.3) is 0 Å². The molecule has 0 aromatic carbocycles. The van der Waals surface area contributed by atoms with E-state index in [4.69, 9.17) is 4.74 Å². The first-order valence-corrected chi connectivity index (χ1v) is 7.85. The van der Waals surface area contributed by atoms with Crippen LogP contribution in [0.2, 0.25) is 0 Å². The molecule has 2 heteroatoms. The summed E-state index contributed by atoms with van der Waals surface area (Å²) in [4.78, 5) is 0. The van der Waals surface area contributed by atoms with Gasteiger partial charge in [0.2, 0.25) is 0 Å². The zero-order valence-electron chi connectivity index (χ0n) is 12.9. The van der Waals surface area contributed by atoms with Crippen molar-refractivity contribution in [3.8, 4) is 0 Å². The molecule has 1 rings (SSSR count). The van der Waals surface area contributed by atoms with Crippen molar-refractivity contribution in [1.82, 2.24) is 5.32 Å². The number of rotatable bonds is 7. The molecule has 0 amide bonds. The third kappa shape index (κ3) is 6.75. The summed E-state index contributed by atoms with van der Waals surface area (Å²) in [5.74, 6) is 0.813. The van der Waals surface area contributed by atoms with Crippen molar-refractivity contribution in [3.63, 3.8) is 0 Å².